The second kappa shape index (κ2) is 21.7. The highest BCUT2D eigenvalue weighted by Gasteiger charge is 2.52. The maximum absolute atomic E-state index is 14.4. The number of esters is 2. The molecule has 5 heterocycles. The number of hydrogen-bond acceptors (Lipinski definition) is 10. The molecule has 10 heteroatoms. The Balaban J connectivity index is 1.21. The van der Waals surface area contributed by atoms with Crippen molar-refractivity contribution in [3.8, 4) is 0 Å². The minimum absolute atomic E-state index is 0.139. The SMILES string of the molecule is C=CC1=C(C)C2=NC1=CC1=NC(=C(CC)/C1=C/O)C=C1N=C3C(=C1C)C(=O)[C@@H](C(=O)OC)C3=C1NC(=C2)[C@@H](C)[C@@H]1CCC(=O)OC/C=C(\C)CCC[C@H](C)CCC[C@H](C)CCCC(C)C. The predicted molar refractivity (Wildman–Crippen MR) is 262 cm³/mol. The summed E-state index contributed by atoms with van der Waals surface area (Å²) in [7, 11) is 1.29. The largest absolute Gasteiger partial charge is 0.515 e. The molecule has 0 unspecified atom stereocenters. The second-order valence-electron chi connectivity index (χ2n) is 19.4. The molecule has 0 spiro atoms. The van der Waals surface area contributed by atoms with Gasteiger partial charge in [0.1, 0.15) is 12.5 Å². The van der Waals surface area contributed by atoms with Crippen molar-refractivity contribution in [1.82, 2.24) is 5.32 Å². The quantitative estimate of drug-likeness (QED) is 0.0537. The molecule has 8 bridgehead atoms. The zero-order valence-electron chi connectivity index (χ0n) is 40.7. The number of aliphatic imine (C=N–C) groups is 3. The topological polar surface area (TPSA) is 139 Å². The number of methoxy groups -OCH3 is 1. The van der Waals surface area contributed by atoms with Gasteiger partial charge in [0.25, 0.3) is 0 Å². The van der Waals surface area contributed by atoms with Crippen LogP contribution >= 0.6 is 0 Å². The number of hydrogen-bond donors (Lipinski definition) is 2. The number of carbonyl (C=O) groups excluding carboxylic acids is 3. The van der Waals surface area contributed by atoms with Crippen LogP contribution in [-0.2, 0) is 23.9 Å². The molecule has 0 radical (unpaired) electrons. The van der Waals surface area contributed by atoms with Crippen molar-refractivity contribution in [2.45, 2.75) is 139 Å². The summed E-state index contributed by atoms with van der Waals surface area (Å²) in [6, 6.07) is 0. The average Bonchev–Trinajstić information content (AvgIpc) is 4.02. The summed E-state index contributed by atoms with van der Waals surface area (Å²) in [5.41, 5.74) is 10.9. The number of Topliss-reactive ketones (excluding diaryl/α,β-unsaturated/α-hetero) is 1. The molecule has 5 atom stereocenters. The highest BCUT2D eigenvalue weighted by Crippen LogP contribution is 2.47. The summed E-state index contributed by atoms with van der Waals surface area (Å²) in [6.07, 6.45) is 22.9. The zero-order valence-corrected chi connectivity index (χ0v) is 40.7. The normalized spacial score (nSPS) is 23.2. The number of aliphatic hydroxyl groups excluding tert-OH is 1. The average molecular weight is 885 g/mol. The number of nitrogens with one attached hydrogen (secondary N) is 1. The Morgan fingerprint density at radius 1 is 0.908 bits per heavy atom. The molecule has 348 valence electrons. The van der Waals surface area contributed by atoms with Crippen LogP contribution in [-0.4, -0.2) is 53.7 Å². The van der Waals surface area contributed by atoms with Gasteiger partial charge in [0.05, 0.1) is 47.6 Å². The Morgan fingerprint density at radius 3 is 2.25 bits per heavy atom. The Kier molecular flexibility index (Phi) is 16.4. The number of carbonyl (C=O) groups is 3. The van der Waals surface area contributed by atoms with Gasteiger partial charge in [-0.15, -0.1) is 0 Å². The van der Waals surface area contributed by atoms with Crippen LogP contribution in [0.1, 0.15) is 139 Å². The van der Waals surface area contributed by atoms with Crippen LogP contribution in [0.5, 0.6) is 0 Å². The van der Waals surface area contributed by atoms with Crippen LogP contribution < -0.4 is 5.32 Å². The Morgan fingerprint density at radius 2 is 1.60 bits per heavy atom. The van der Waals surface area contributed by atoms with Gasteiger partial charge >= 0.3 is 11.9 Å². The van der Waals surface area contributed by atoms with E-state index in [2.05, 4.69) is 53.4 Å². The summed E-state index contributed by atoms with van der Waals surface area (Å²) in [5, 5.41) is 14.1. The first-order valence-corrected chi connectivity index (χ1v) is 24.1. The summed E-state index contributed by atoms with van der Waals surface area (Å²) >= 11 is 0. The van der Waals surface area contributed by atoms with Crippen LogP contribution in [0.2, 0.25) is 0 Å². The van der Waals surface area contributed by atoms with Crippen LogP contribution in [0.4, 0.5) is 0 Å². The number of allylic oxidation sites excluding steroid dienone is 12. The third kappa shape index (κ3) is 10.8. The molecule has 6 rings (SSSR count). The second-order valence-corrected chi connectivity index (χ2v) is 19.4. The molecule has 0 amide bonds. The van der Waals surface area contributed by atoms with Crippen molar-refractivity contribution < 1.29 is 29.0 Å². The molecule has 0 aromatic rings. The van der Waals surface area contributed by atoms with Gasteiger partial charge in [0.15, 0.2) is 5.78 Å². The molecule has 0 aromatic carbocycles. The Bertz CT molecular complexity index is 2350. The molecule has 2 N–H and O–H groups in total. The van der Waals surface area contributed by atoms with Gasteiger partial charge in [-0.1, -0.05) is 105 Å². The smallest absolute Gasteiger partial charge is 0.321 e. The highest BCUT2D eigenvalue weighted by atomic mass is 16.5. The predicted octanol–water partition coefficient (Wildman–Crippen LogP) is 12.1. The number of aliphatic hydroxyl groups is 1. The zero-order chi connectivity index (χ0) is 47.1. The fourth-order valence-electron chi connectivity index (χ4n) is 10.1. The van der Waals surface area contributed by atoms with Crippen molar-refractivity contribution in [3.05, 3.63) is 116 Å². The van der Waals surface area contributed by atoms with Gasteiger partial charge in [-0.25, -0.2) is 15.0 Å². The maximum Gasteiger partial charge on any atom is 0.321 e. The lowest BCUT2D eigenvalue weighted by Gasteiger charge is -2.19. The number of ketones is 1. The first-order valence-electron chi connectivity index (χ1n) is 24.1. The van der Waals surface area contributed by atoms with Crippen LogP contribution in [0.25, 0.3) is 0 Å². The van der Waals surface area contributed by atoms with Gasteiger partial charge < -0.3 is 19.9 Å². The van der Waals surface area contributed by atoms with Crippen molar-refractivity contribution in [2.24, 2.45) is 50.5 Å². The third-order valence-electron chi connectivity index (χ3n) is 14.2. The van der Waals surface area contributed by atoms with E-state index in [0.717, 1.165) is 53.4 Å². The Hall–Kier alpha value is -5.38. The summed E-state index contributed by atoms with van der Waals surface area (Å²) in [5.74, 6) is -0.732. The van der Waals surface area contributed by atoms with E-state index in [4.69, 9.17) is 24.5 Å². The van der Waals surface area contributed by atoms with E-state index < -0.39 is 11.9 Å². The first-order chi connectivity index (χ1) is 31.1. The number of nitrogens with zero attached hydrogens (tertiary/aromatic N) is 3. The van der Waals surface area contributed by atoms with E-state index in [-0.39, 0.29) is 36.6 Å². The molecule has 1 aliphatic carbocycles. The van der Waals surface area contributed by atoms with E-state index in [1.807, 2.05) is 45.1 Å². The lowest BCUT2D eigenvalue weighted by atomic mass is 9.85. The summed E-state index contributed by atoms with van der Waals surface area (Å²) in [4.78, 5) is 56.5. The number of rotatable bonds is 20. The lowest BCUT2D eigenvalue weighted by Crippen LogP contribution is -2.26. The maximum atomic E-state index is 14.4. The molecule has 0 aromatic heterocycles. The van der Waals surface area contributed by atoms with Crippen LogP contribution in [0, 0.1) is 35.5 Å². The highest BCUT2D eigenvalue weighted by molar-refractivity contribution is 6.42. The van der Waals surface area contributed by atoms with Gasteiger partial charge in [-0.05, 0) is 105 Å². The van der Waals surface area contributed by atoms with Crippen molar-refractivity contribution in [3.63, 3.8) is 0 Å². The number of ether oxygens (including phenoxy) is 2. The molecule has 10 nitrogen and oxygen atoms in total. The minimum atomic E-state index is -1.23. The van der Waals surface area contributed by atoms with E-state index in [1.54, 1.807) is 6.08 Å². The van der Waals surface area contributed by atoms with Gasteiger partial charge in [-0.3, -0.25) is 14.4 Å². The molecule has 1 saturated heterocycles. The van der Waals surface area contributed by atoms with E-state index in [0.29, 0.717) is 81.0 Å². The fraction of sp³-hybridized carbons (Fsp3) is 0.527. The standard InChI is InChI=1S/C55H72N4O6/c1-12-38-35(8)42-27-43-36(9)40(23-24-48(61)65-26-25-34(7)22-16-21-33(6)20-15-19-32(5)18-14-17-31(3)4)52(58-43)50-51(55(63)64-11)54(62)49-37(10)44(59-53(49)50)28-46-39(13-2)41(30-60)47(57-46)29-45(38)56-42/h12,25,27-33,36,40,51,58,60H,1,13-24,26H2,2-11H3/b34-25+,41-30-,43-27?,44-28?,45-29?,52-50?/t32-,33-,36+,40+,51+/m1/s1. The van der Waals surface area contributed by atoms with E-state index in [9.17, 15) is 19.5 Å². The van der Waals surface area contributed by atoms with Crippen LogP contribution in [0.3, 0.4) is 0 Å². The summed E-state index contributed by atoms with van der Waals surface area (Å²) < 4.78 is 11.0. The van der Waals surface area contributed by atoms with E-state index in [1.165, 1.54) is 57.6 Å². The van der Waals surface area contributed by atoms with Gasteiger partial charge in [0.2, 0.25) is 0 Å². The fourth-order valence-corrected chi connectivity index (χ4v) is 10.1. The molecule has 65 heavy (non-hydrogen) atoms. The molecule has 1 saturated carbocycles. The first kappa shape index (κ1) is 49.1. The molecular formula is C55H72N4O6. The number of fused-ring (bicyclic) bond motifs is 5. The van der Waals surface area contributed by atoms with Crippen LogP contribution in [0.15, 0.2) is 131 Å². The van der Waals surface area contributed by atoms with Crippen molar-refractivity contribution in [2.75, 3.05) is 13.7 Å². The van der Waals surface area contributed by atoms with Gasteiger partial charge in [-0.2, -0.15) is 0 Å². The molecule has 6 aliphatic rings. The van der Waals surface area contributed by atoms with Gasteiger partial charge in [0, 0.05) is 51.9 Å². The molecule has 5 aliphatic heterocycles. The minimum Gasteiger partial charge on any atom is -0.515 e. The molecular weight excluding hydrogens is 813 g/mol. The third-order valence-corrected chi connectivity index (χ3v) is 14.2. The van der Waals surface area contributed by atoms with Crippen molar-refractivity contribution in [1.29, 1.82) is 0 Å². The summed E-state index contributed by atoms with van der Waals surface area (Å²) in [6.45, 7) is 23.7. The molecule has 2 fully saturated rings. The lowest BCUT2D eigenvalue weighted by molar-refractivity contribution is -0.146. The monoisotopic (exact) mass is 885 g/mol. The van der Waals surface area contributed by atoms with Crippen molar-refractivity contribution >= 4 is 34.9 Å². The van der Waals surface area contributed by atoms with E-state index >= 15 is 0 Å². The Labute approximate surface area is 387 Å².